The number of rotatable bonds is 11. The Hall–Kier alpha value is -0.830. The first-order valence-corrected chi connectivity index (χ1v) is 8.69. The van der Waals surface area contributed by atoms with Crippen LogP contribution in [0.2, 0.25) is 0 Å². The normalized spacial score (nSPS) is 11.5. The van der Waals surface area contributed by atoms with E-state index in [0.29, 0.717) is 12.5 Å². The molecule has 140 valence electrons. The molecule has 0 aliphatic carbocycles. The summed E-state index contributed by atoms with van der Waals surface area (Å²) < 4.78 is 7.44. The van der Waals surface area contributed by atoms with Gasteiger partial charge in [0, 0.05) is 39.5 Å². The molecule has 0 saturated heterocycles. The van der Waals surface area contributed by atoms with Crippen LogP contribution in [0.1, 0.15) is 39.2 Å². The SMILES string of the molecule is CCNC(=NCCCc1cnn(C)c1)NCCOCCC(C)C.I. The van der Waals surface area contributed by atoms with Crippen LogP contribution >= 0.6 is 24.0 Å². The first-order valence-electron chi connectivity index (χ1n) is 8.69. The summed E-state index contributed by atoms with van der Waals surface area (Å²) in [4.78, 5) is 4.59. The summed E-state index contributed by atoms with van der Waals surface area (Å²) in [7, 11) is 1.94. The number of aryl methyl sites for hydroxylation is 2. The highest BCUT2D eigenvalue weighted by molar-refractivity contribution is 14.0. The molecule has 0 aliphatic heterocycles. The van der Waals surface area contributed by atoms with E-state index in [4.69, 9.17) is 4.74 Å². The molecule has 0 radical (unpaired) electrons. The van der Waals surface area contributed by atoms with Crippen LogP contribution in [0.4, 0.5) is 0 Å². The molecule has 0 saturated carbocycles. The highest BCUT2D eigenvalue weighted by Crippen LogP contribution is 2.01. The van der Waals surface area contributed by atoms with Crippen LogP contribution < -0.4 is 10.6 Å². The monoisotopic (exact) mass is 451 g/mol. The van der Waals surface area contributed by atoms with Gasteiger partial charge in [-0.1, -0.05) is 13.8 Å². The molecule has 0 aliphatic rings. The smallest absolute Gasteiger partial charge is 0.191 e. The lowest BCUT2D eigenvalue weighted by Gasteiger charge is -2.12. The quantitative estimate of drug-likeness (QED) is 0.235. The van der Waals surface area contributed by atoms with Gasteiger partial charge in [-0.15, -0.1) is 24.0 Å². The van der Waals surface area contributed by atoms with Gasteiger partial charge in [0.1, 0.15) is 0 Å². The van der Waals surface area contributed by atoms with Crippen molar-refractivity contribution >= 4 is 29.9 Å². The summed E-state index contributed by atoms with van der Waals surface area (Å²) in [5.41, 5.74) is 1.26. The number of nitrogens with one attached hydrogen (secondary N) is 2. The average Bonchev–Trinajstić information content (AvgIpc) is 2.92. The first-order chi connectivity index (χ1) is 11.1. The van der Waals surface area contributed by atoms with Crippen LogP contribution in [0.25, 0.3) is 0 Å². The van der Waals surface area contributed by atoms with E-state index in [1.807, 2.05) is 17.9 Å². The van der Waals surface area contributed by atoms with E-state index >= 15 is 0 Å². The fourth-order valence-corrected chi connectivity index (χ4v) is 2.08. The second-order valence-corrected chi connectivity index (χ2v) is 6.11. The van der Waals surface area contributed by atoms with Crippen molar-refractivity contribution < 1.29 is 4.74 Å². The van der Waals surface area contributed by atoms with Crippen LogP contribution in [-0.2, 0) is 18.2 Å². The molecule has 2 N–H and O–H groups in total. The molecule has 1 rings (SSSR count). The summed E-state index contributed by atoms with van der Waals surface area (Å²) in [6, 6.07) is 0. The van der Waals surface area contributed by atoms with Crippen molar-refractivity contribution in [2.45, 2.75) is 40.0 Å². The maximum Gasteiger partial charge on any atom is 0.191 e. The Bertz CT molecular complexity index is 448. The van der Waals surface area contributed by atoms with Gasteiger partial charge in [-0.25, -0.2) is 0 Å². The van der Waals surface area contributed by atoms with E-state index in [1.54, 1.807) is 0 Å². The summed E-state index contributed by atoms with van der Waals surface area (Å²) in [5.74, 6) is 1.56. The standard InChI is InChI=1S/C17H33N5O.HI/c1-5-18-17(20-10-12-23-11-8-15(2)3)19-9-6-7-16-13-21-22(4)14-16;/h13-15H,5-12H2,1-4H3,(H2,18,19,20);1H. The minimum absolute atomic E-state index is 0. The number of guanidine groups is 1. The number of hydrogen-bond acceptors (Lipinski definition) is 3. The molecule has 1 aromatic rings. The van der Waals surface area contributed by atoms with Crippen LogP contribution in [-0.4, -0.2) is 48.6 Å². The van der Waals surface area contributed by atoms with Gasteiger partial charge in [-0.2, -0.15) is 5.10 Å². The molecule has 0 fully saturated rings. The van der Waals surface area contributed by atoms with Gasteiger partial charge >= 0.3 is 0 Å². The summed E-state index contributed by atoms with van der Waals surface area (Å²) in [6.07, 6.45) is 7.12. The lowest BCUT2D eigenvalue weighted by atomic mass is 10.1. The number of ether oxygens (including phenoxy) is 1. The Labute approximate surface area is 163 Å². The zero-order chi connectivity index (χ0) is 16.9. The van der Waals surface area contributed by atoms with Crippen LogP contribution in [0, 0.1) is 5.92 Å². The van der Waals surface area contributed by atoms with Crippen LogP contribution in [0.15, 0.2) is 17.4 Å². The van der Waals surface area contributed by atoms with E-state index < -0.39 is 0 Å². The molecular formula is C17H34IN5O. The molecule has 1 aromatic heterocycles. The van der Waals surface area contributed by atoms with E-state index in [0.717, 1.165) is 51.5 Å². The lowest BCUT2D eigenvalue weighted by molar-refractivity contribution is 0.128. The molecule has 24 heavy (non-hydrogen) atoms. The van der Waals surface area contributed by atoms with E-state index in [-0.39, 0.29) is 24.0 Å². The first kappa shape index (κ1) is 23.2. The van der Waals surface area contributed by atoms with Gasteiger partial charge in [-0.3, -0.25) is 9.67 Å². The fourth-order valence-electron chi connectivity index (χ4n) is 2.08. The summed E-state index contributed by atoms with van der Waals surface area (Å²) in [5, 5.41) is 10.7. The van der Waals surface area contributed by atoms with Crippen molar-refractivity contribution in [2.75, 3.05) is 32.8 Å². The van der Waals surface area contributed by atoms with Crippen molar-refractivity contribution in [3.8, 4) is 0 Å². The molecule has 7 heteroatoms. The number of hydrogen-bond donors (Lipinski definition) is 2. The highest BCUT2D eigenvalue weighted by atomic mass is 127. The Morgan fingerprint density at radius 2 is 2.12 bits per heavy atom. The molecule has 0 aromatic carbocycles. The molecule has 0 unspecified atom stereocenters. The average molecular weight is 451 g/mol. The van der Waals surface area contributed by atoms with E-state index in [9.17, 15) is 0 Å². The van der Waals surface area contributed by atoms with Gasteiger partial charge in [0.05, 0.1) is 12.8 Å². The molecule has 0 atom stereocenters. The molecule has 0 amide bonds. The largest absolute Gasteiger partial charge is 0.380 e. The van der Waals surface area contributed by atoms with Gasteiger partial charge in [-0.05, 0) is 37.7 Å². The second kappa shape index (κ2) is 14.5. The van der Waals surface area contributed by atoms with Crippen molar-refractivity contribution in [3.05, 3.63) is 18.0 Å². The third-order valence-electron chi connectivity index (χ3n) is 3.37. The zero-order valence-corrected chi connectivity index (χ0v) is 17.9. The highest BCUT2D eigenvalue weighted by Gasteiger charge is 1.99. The molecular weight excluding hydrogens is 417 g/mol. The fraction of sp³-hybridized carbons (Fsp3) is 0.765. The van der Waals surface area contributed by atoms with Crippen LogP contribution in [0.3, 0.4) is 0 Å². The summed E-state index contributed by atoms with van der Waals surface area (Å²) in [6.45, 7) is 10.5. The number of aliphatic imine (C=N–C) groups is 1. The Morgan fingerprint density at radius 3 is 2.75 bits per heavy atom. The van der Waals surface area contributed by atoms with Crippen molar-refractivity contribution in [3.63, 3.8) is 0 Å². The molecule has 6 nitrogen and oxygen atoms in total. The third-order valence-corrected chi connectivity index (χ3v) is 3.37. The third kappa shape index (κ3) is 11.7. The Morgan fingerprint density at radius 1 is 1.33 bits per heavy atom. The zero-order valence-electron chi connectivity index (χ0n) is 15.5. The van der Waals surface area contributed by atoms with Gasteiger partial charge in [0.25, 0.3) is 0 Å². The van der Waals surface area contributed by atoms with Crippen molar-refractivity contribution in [1.29, 1.82) is 0 Å². The maximum atomic E-state index is 5.60. The van der Waals surface area contributed by atoms with E-state index in [2.05, 4.69) is 47.7 Å². The molecule has 0 spiro atoms. The minimum Gasteiger partial charge on any atom is -0.380 e. The lowest BCUT2D eigenvalue weighted by Crippen LogP contribution is -2.39. The number of aromatic nitrogens is 2. The molecule has 0 bridgehead atoms. The predicted molar refractivity (Wildman–Crippen MR) is 111 cm³/mol. The van der Waals surface area contributed by atoms with Crippen LogP contribution in [0.5, 0.6) is 0 Å². The Kier molecular flexibility index (Phi) is 14.0. The second-order valence-electron chi connectivity index (χ2n) is 6.11. The van der Waals surface area contributed by atoms with Gasteiger partial charge in [0.2, 0.25) is 0 Å². The summed E-state index contributed by atoms with van der Waals surface area (Å²) >= 11 is 0. The molecule has 1 heterocycles. The van der Waals surface area contributed by atoms with Gasteiger partial charge < -0.3 is 15.4 Å². The van der Waals surface area contributed by atoms with Crippen molar-refractivity contribution in [1.82, 2.24) is 20.4 Å². The van der Waals surface area contributed by atoms with Crippen molar-refractivity contribution in [2.24, 2.45) is 18.0 Å². The predicted octanol–water partition coefficient (Wildman–Crippen LogP) is 2.59. The number of nitrogens with zero attached hydrogens (tertiary/aromatic N) is 3. The van der Waals surface area contributed by atoms with E-state index in [1.165, 1.54) is 5.56 Å². The Balaban J connectivity index is 0.00000529. The topological polar surface area (TPSA) is 63.5 Å². The maximum absolute atomic E-state index is 5.60. The minimum atomic E-state index is 0. The van der Waals surface area contributed by atoms with Gasteiger partial charge in [0.15, 0.2) is 5.96 Å². The number of halogens is 1.